The Labute approximate surface area is 158 Å². The van der Waals surface area contributed by atoms with Gasteiger partial charge >= 0.3 is 0 Å². The van der Waals surface area contributed by atoms with Crippen LogP contribution in [0.25, 0.3) is 17.1 Å². The number of likely N-dealkylation sites (tertiary alicyclic amines) is 1. The zero-order chi connectivity index (χ0) is 18.8. The molecule has 4 rings (SSSR count). The number of carbonyl (C=O) groups is 1. The predicted octanol–water partition coefficient (Wildman–Crippen LogP) is 2.84. The van der Waals surface area contributed by atoms with Gasteiger partial charge < -0.3 is 10.0 Å². The predicted molar refractivity (Wildman–Crippen MR) is 103 cm³/mol. The fourth-order valence-corrected chi connectivity index (χ4v) is 3.25. The van der Waals surface area contributed by atoms with Crippen LogP contribution >= 0.6 is 0 Å². The molecular weight excluding hydrogens is 340 g/mol. The fourth-order valence-electron chi connectivity index (χ4n) is 3.25. The molecule has 1 N–H and O–H groups in total. The fraction of sp³-hybridized carbons (Fsp3) is 0.286. The maximum atomic E-state index is 12.9. The van der Waals surface area contributed by atoms with Crippen LogP contribution in [0.2, 0.25) is 0 Å². The summed E-state index contributed by atoms with van der Waals surface area (Å²) < 4.78 is 1.72. The third-order valence-corrected chi connectivity index (χ3v) is 4.86. The largest absolute Gasteiger partial charge is 0.393 e. The lowest BCUT2D eigenvalue weighted by molar-refractivity contribution is 0.0536. The van der Waals surface area contributed by atoms with E-state index in [2.05, 4.69) is 10.1 Å². The molecule has 1 aromatic heterocycles. The molecule has 1 fully saturated rings. The van der Waals surface area contributed by atoms with Crippen LogP contribution in [-0.4, -0.2) is 49.9 Å². The van der Waals surface area contributed by atoms with E-state index in [1.54, 1.807) is 9.58 Å². The summed E-state index contributed by atoms with van der Waals surface area (Å²) in [5.41, 5.74) is 2.92. The van der Waals surface area contributed by atoms with Crippen LogP contribution in [0.15, 0.2) is 54.6 Å². The Morgan fingerprint density at radius 3 is 2.37 bits per heavy atom. The molecule has 1 amide bonds. The second-order valence-electron chi connectivity index (χ2n) is 6.90. The molecule has 0 atom stereocenters. The lowest BCUT2D eigenvalue weighted by atomic mass is 10.1. The summed E-state index contributed by atoms with van der Waals surface area (Å²) in [6, 6.07) is 17.7. The highest BCUT2D eigenvalue weighted by Crippen LogP contribution is 2.22. The van der Waals surface area contributed by atoms with E-state index in [0.717, 1.165) is 16.8 Å². The zero-order valence-electron chi connectivity index (χ0n) is 15.2. The molecule has 2 aromatic carbocycles. The Hall–Kier alpha value is -2.99. The lowest BCUT2D eigenvalue weighted by Crippen LogP contribution is -2.40. The first-order valence-corrected chi connectivity index (χ1v) is 9.18. The summed E-state index contributed by atoms with van der Waals surface area (Å²) in [6.45, 7) is 3.09. The molecular formula is C21H22N4O2. The van der Waals surface area contributed by atoms with Crippen LogP contribution in [0.1, 0.15) is 29.0 Å². The normalized spacial score (nSPS) is 15.1. The molecule has 1 aliphatic heterocycles. The summed E-state index contributed by atoms with van der Waals surface area (Å²) in [5, 5.41) is 14.2. The van der Waals surface area contributed by atoms with Gasteiger partial charge in [0.1, 0.15) is 0 Å². The number of piperidine rings is 1. The van der Waals surface area contributed by atoms with E-state index in [9.17, 15) is 9.90 Å². The first-order chi connectivity index (χ1) is 13.1. The van der Waals surface area contributed by atoms with E-state index >= 15 is 0 Å². The summed E-state index contributed by atoms with van der Waals surface area (Å²) in [4.78, 5) is 19.2. The second kappa shape index (κ2) is 7.32. The van der Waals surface area contributed by atoms with Gasteiger partial charge in [0.2, 0.25) is 5.82 Å². The van der Waals surface area contributed by atoms with Crippen molar-refractivity contribution in [2.24, 2.45) is 0 Å². The Bertz CT molecular complexity index is 927. The molecule has 3 aromatic rings. The molecule has 27 heavy (non-hydrogen) atoms. The number of benzene rings is 2. The standard InChI is InChI=1S/C21H22N4O2/c1-15-7-9-17(10-8-15)25-20(16-5-3-2-4-6-16)22-19(23-25)21(27)24-13-11-18(26)12-14-24/h2-10,18,26H,11-14H2,1H3. The van der Waals surface area contributed by atoms with Crippen LogP contribution in [0.4, 0.5) is 0 Å². The molecule has 0 radical (unpaired) electrons. The number of carbonyl (C=O) groups excluding carboxylic acids is 1. The van der Waals surface area contributed by atoms with Crippen molar-refractivity contribution in [3.8, 4) is 17.1 Å². The van der Waals surface area contributed by atoms with E-state index in [-0.39, 0.29) is 17.8 Å². The van der Waals surface area contributed by atoms with E-state index in [1.807, 2.05) is 61.5 Å². The van der Waals surface area contributed by atoms with Crippen LogP contribution in [0, 0.1) is 6.92 Å². The molecule has 6 nitrogen and oxygen atoms in total. The van der Waals surface area contributed by atoms with Gasteiger partial charge in [-0.1, -0.05) is 48.0 Å². The number of hydrogen-bond donors (Lipinski definition) is 1. The molecule has 0 bridgehead atoms. The Balaban J connectivity index is 1.73. The van der Waals surface area contributed by atoms with Crippen molar-refractivity contribution in [3.05, 3.63) is 66.0 Å². The molecule has 6 heteroatoms. The Morgan fingerprint density at radius 1 is 1.04 bits per heavy atom. The number of amides is 1. The van der Waals surface area contributed by atoms with Crippen LogP contribution in [0.5, 0.6) is 0 Å². The van der Waals surface area contributed by atoms with Gasteiger partial charge in [0.05, 0.1) is 11.8 Å². The Kier molecular flexibility index (Phi) is 4.73. The third kappa shape index (κ3) is 3.61. The maximum absolute atomic E-state index is 12.9. The van der Waals surface area contributed by atoms with Crippen molar-refractivity contribution in [1.82, 2.24) is 19.7 Å². The van der Waals surface area contributed by atoms with Crippen molar-refractivity contribution in [2.75, 3.05) is 13.1 Å². The van der Waals surface area contributed by atoms with Gasteiger partial charge in [-0.25, -0.2) is 9.67 Å². The van der Waals surface area contributed by atoms with Gasteiger partial charge in [0.15, 0.2) is 5.82 Å². The molecule has 0 aliphatic carbocycles. The van der Waals surface area contributed by atoms with Crippen molar-refractivity contribution in [2.45, 2.75) is 25.9 Å². The number of aliphatic hydroxyl groups is 1. The third-order valence-electron chi connectivity index (χ3n) is 4.86. The smallest absolute Gasteiger partial charge is 0.293 e. The minimum absolute atomic E-state index is 0.186. The number of rotatable bonds is 3. The highest BCUT2D eigenvalue weighted by Gasteiger charge is 2.26. The minimum Gasteiger partial charge on any atom is -0.393 e. The van der Waals surface area contributed by atoms with E-state index in [1.165, 1.54) is 0 Å². The summed E-state index contributed by atoms with van der Waals surface area (Å²) in [5.74, 6) is 0.635. The molecule has 0 spiro atoms. The summed E-state index contributed by atoms with van der Waals surface area (Å²) in [6.07, 6.45) is 0.860. The monoisotopic (exact) mass is 362 g/mol. The van der Waals surface area contributed by atoms with Crippen LogP contribution < -0.4 is 0 Å². The number of nitrogens with zero attached hydrogens (tertiary/aromatic N) is 4. The van der Waals surface area contributed by atoms with Crippen molar-refractivity contribution in [3.63, 3.8) is 0 Å². The number of aromatic nitrogens is 3. The molecule has 1 saturated heterocycles. The second-order valence-corrected chi connectivity index (χ2v) is 6.90. The first-order valence-electron chi connectivity index (χ1n) is 9.18. The van der Waals surface area contributed by atoms with Gasteiger partial charge in [-0.2, -0.15) is 0 Å². The zero-order valence-corrected chi connectivity index (χ0v) is 15.2. The van der Waals surface area contributed by atoms with Crippen molar-refractivity contribution in [1.29, 1.82) is 0 Å². The molecule has 0 unspecified atom stereocenters. The van der Waals surface area contributed by atoms with E-state index < -0.39 is 0 Å². The van der Waals surface area contributed by atoms with Crippen molar-refractivity contribution < 1.29 is 9.90 Å². The van der Waals surface area contributed by atoms with Gasteiger partial charge in [0, 0.05) is 18.7 Å². The molecule has 1 aliphatic rings. The first kappa shape index (κ1) is 17.4. The average molecular weight is 362 g/mol. The SMILES string of the molecule is Cc1ccc(-n2nc(C(=O)N3CCC(O)CC3)nc2-c2ccccc2)cc1. The average Bonchev–Trinajstić information content (AvgIpc) is 3.15. The van der Waals surface area contributed by atoms with Gasteiger partial charge in [-0.15, -0.1) is 5.10 Å². The summed E-state index contributed by atoms with van der Waals surface area (Å²) >= 11 is 0. The quantitative estimate of drug-likeness (QED) is 0.778. The molecule has 0 saturated carbocycles. The maximum Gasteiger partial charge on any atom is 0.293 e. The van der Waals surface area contributed by atoms with Gasteiger partial charge in [-0.3, -0.25) is 4.79 Å². The highest BCUT2D eigenvalue weighted by molar-refractivity contribution is 5.91. The number of hydrogen-bond acceptors (Lipinski definition) is 4. The lowest BCUT2D eigenvalue weighted by Gasteiger charge is -2.28. The number of aliphatic hydroxyl groups excluding tert-OH is 1. The van der Waals surface area contributed by atoms with Gasteiger partial charge in [-0.05, 0) is 31.9 Å². The Morgan fingerprint density at radius 2 is 1.70 bits per heavy atom. The van der Waals surface area contributed by atoms with E-state index in [4.69, 9.17) is 0 Å². The molecule has 2 heterocycles. The van der Waals surface area contributed by atoms with Gasteiger partial charge in [0.25, 0.3) is 5.91 Å². The summed E-state index contributed by atoms with van der Waals surface area (Å²) in [7, 11) is 0. The van der Waals surface area contributed by atoms with Crippen molar-refractivity contribution >= 4 is 5.91 Å². The molecule has 138 valence electrons. The van der Waals surface area contributed by atoms with Crippen LogP contribution in [-0.2, 0) is 0 Å². The highest BCUT2D eigenvalue weighted by atomic mass is 16.3. The number of aryl methyl sites for hydroxylation is 1. The topological polar surface area (TPSA) is 71.2 Å². The van der Waals surface area contributed by atoms with E-state index in [0.29, 0.717) is 31.8 Å². The minimum atomic E-state index is -0.327. The van der Waals surface area contributed by atoms with Crippen LogP contribution in [0.3, 0.4) is 0 Å².